The number of ether oxygens (including phenoxy) is 2. The first-order chi connectivity index (χ1) is 16.8. The van der Waals surface area contributed by atoms with Crippen LogP contribution in [0.2, 0.25) is 10.0 Å². The van der Waals surface area contributed by atoms with E-state index in [9.17, 15) is 9.59 Å². The SMILES string of the molecule is COc1cc(OC)cc(C(=O)N2CCC3(CC2)NC(C(=O)NCCc2ccc(Cl)cc2Cl)CS3)c1. The van der Waals surface area contributed by atoms with E-state index in [0.29, 0.717) is 58.9 Å². The molecule has 188 valence electrons. The molecule has 4 rings (SSSR count). The van der Waals surface area contributed by atoms with E-state index in [1.807, 2.05) is 11.0 Å². The normalized spacial score (nSPS) is 19.0. The molecule has 0 aliphatic carbocycles. The fraction of sp³-hybridized carbons (Fsp3) is 0.440. The molecule has 2 N–H and O–H groups in total. The maximum atomic E-state index is 13.1. The number of halogens is 2. The van der Waals surface area contributed by atoms with Crippen LogP contribution < -0.4 is 20.1 Å². The van der Waals surface area contributed by atoms with Crippen molar-refractivity contribution in [3.05, 3.63) is 57.6 Å². The van der Waals surface area contributed by atoms with Crippen molar-refractivity contribution >= 4 is 46.8 Å². The molecule has 2 saturated heterocycles. The molecule has 0 bridgehead atoms. The number of methoxy groups -OCH3 is 2. The average Bonchev–Trinajstić information content (AvgIpc) is 3.28. The van der Waals surface area contributed by atoms with Crippen molar-refractivity contribution in [2.45, 2.75) is 30.2 Å². The van der Waals surface area contributed by atoms with Gasteiger partial charge in [0.25, 0.3) is 5.91 Å². The Morgan fingerprint density at radius 1 is 1.11 bits per heavy atom. The van der Waals surface area contributed by atoms with Gasteiger partial charge in [0.2, 0.25) is 5.91 Å². The summed E-state index contributed by atoms with van der Waals surface area (Å²) in [6, 6.07) is 10.3. The van der Waals surface area contributed by atoms with Gasteiger partial charge in [-0.05, 0) is 49.1 Å². The van der Waals surface area contributed by atoms with E-state index < -0.39 is 0 Å². The van der Waals surface area contributed by atoms with Gasteiger partial charge in [-0.1, -0.05) is 29.3 Å². The summed E-state index contributed by atoms with van der Waals surface area (Å²) in [6.45, 7) is 1.73. The molecule has 10 heteroatoms. The van der Waals surface area contributed by atoms with Crippen LogP contribution in [0.15, 0.2) is 36.4 Å². The van der Waals surface area contributed by atoms with Crippen molar-refractivity contribution in [1.82, 2.24) is 15.5 Å². The number of carbonyl (C=O) groups is 2. The molecular weight excluding hydrogens is 509 g/mol. The molecule has 0 saturated carbocycles. The minimum absolute atomic E-state index is 0.0126. The van der Waals surface area contributed by atoms with Crippen LogP contribution >= 0.6 is 35.0 Å². The molecule has 2 aromatic carbocycles. The van der Waals surface area contributed by atoms with Gasteiger partial charge in [0.05, 0.1) is 25.1 Å². The third-order valence-corrected chi connectivity index (χ3v) is 8.61. The number of hydrogen-bond acceptors (Lipinski definition) is 6. The van der Waals surface area contributed by atoms with Crippen molar-refractivity contribution in [3.8, 4) is 11.5 Å². The van der Waals surface area contributed by atoms with Crippen LogP contribution in [0.3, 0.4) is 0 Å². The third kappa shape index (κ3) is 6.17. The highest BCUT2D eigenvalue weighted by Crippen LogP contribution is 2.39. The summed E-state index contributed by atoms with van der Waals surface area (Å²) in [4.78, 5) is 27.5. The summed E-state index contributed by atoms with van der Waals surface area (Å²) < 4.78 is 10.6. The molecule has 2 aliphatic heterocycles. The summed E-state index contributed by atoms with van der Waals surface area (Å²) in [5.41, 5.74) is 1.49. The molecule has 1 unspecified atom stereocenters. The van der Waals surface area contributed by atoms with Gasteiger partial charge < -0.3 is 19.7 Å². The highest BCUT2D eigenvalue weighted by molar-refractivity contribution is 8.01. The van der Waals surface area contributed by atoms with Crippen molar-refractivity contribution < 1.29 is 19.1 Å². The van der Waals surface area contributed by atoms with Crippen LogP contribution in [-0.2, 0) is 11.2 Å². The number of amides is 2. The van der Waals surface area contributed by atoms with Gasteiger partial charge in [-0.15, -0.1) is 11.8 Å². The Morgan fingerprint density at radius 3 is 2.43 bits per heavy atom. The lowest BCUT2D eigenvalue weighted by molar-refractivity contribution is -0.122. The molecule has 1 spiro atoms. The van der Waals surface area contributed by atoms with Crippen molar-refractivity contribution in [1.29, 1.82) is 0 Å². The number of piperidine rings is 1. The van der Waals surface area contributed by atoms with Gasteiger partial charge in [0.15, 0.2) is 0 Å². The van der Waals surface area contributed by atoms with Gasteiger partial charge >= 0.3 is 0 Å². The zero-order valence-electron chi connectivity index (χ0n) is 19.7. The first kappa shape index (κ1) is 25.9. The summed E-state index contributed by atoms with van der Waals surface area (Å²) in [7, 11) is 3.13. The molecule has 35 heavy (non-hydrogen) atoms. The topological polar surface area (TPSA) is 79.9 Å². The standard InChI is InChI=1S/C25H29Cl2N3O4S/c1-33-19-11-17(12-20(14-19)34-2)24(32)30-9-6-25(7-10-30)29-22(15-35-25)23(31)28-8-5-16-3-4-18(26)13-21(16)27/h3-4,11-14,22,29H,5-10,15H2,1-2H3,(H,28,31). The molecular formula is C25H29Cl2N3O4S. The summed E-state index contributed by atoms with van der Waals surface area (Å²) >= 11 is 13.9. The molecule has 2 fully saturated rings. The van der Waals surface area contributed by atoms with E-state index >= 15 is 0 Å². The van der Waals surface area contributed by atoms with Crippen LogP contribution in [-0.4, -0.2) is 67.2 Å². The number of likely N-dealkylation sites (tertiary alicyclic amines) is 1. The van der Waals surface area contributed by atoms with Crippen LogP contribution in [0, 0.1) is 0 Å². The zero-order valence-corrected chi connectivity index (χ0v) is 22.1. The summed E-state index contributed by atoms with van der Waals surface area (Å²) in [6.07, 6.45) is 2.18. The number of carbonyl (C=O) groups excluding carboxylic acids is 2. The second-order valence-electron chi connectivity index (χ2n) is 8.67. The molecule has 2 amide bonds. The maximum absolute atomic E-state index is 13.1. The van der Waals surface area contributed by atoms with E-state index in [1.54, 1.807) is 56.3 Å². The summed E-state index contributed by atoms with van der Waals surface area (Å²) in [5.74, 6) is 1.81. The second kappa shape index (κ2) is 11.3. The van der Waals surface area contributed by atoms with Crippen LogP contribution in [0.1, 0.15) is 28.8 Å². The average molecular weight is 538 g/mol. The lowest BCUT2D eigenvalue weighted by Crippen LogP contribution is -2.54. The highest BCUT2D eigenvalue weighted by atomic mass is 35.5. The monoisotopic (exact) mass is 537 g/mol. The summed E-state index contributed by atoms with van der Waals surface area (Å²) in [5, 5.41) is 7.75. The molecule has 0 radical (unpaired) electrons. The third-order valence-electron chi connectivity index (χ3n) is 6.45. The van der Waals surface area contributed by atoms with Crippen LogP contribution in [0.4, 0.5) is 0 Å². The Morgan fingerprint density at radius 2 is 1.80 bits per heavy atom. The van der Waals surface area contributed by atoms with E-state index in [4.69, 9.17) is 32.7 Å². The molecule has 0 aromatic heterocycles. The predicted molar refractivity (Wildman–Crippen MR) is 140 cm³/mol. The first-order valence-corrected chi connectivity index (χ1v) is 13.2. The van der Waals surface area contributed by atoms with E-state index in [2.05, 4.69) is 10.6 Å². The zero-order chi connectivity index (χ0) is 25.0. The lowest BCUT2D eigenvalue weighted by Gasteiger charge is -2.39. The van der Waals surface area contributed by atoms with Gasteiger partial charge in [-0.3, -0.25) is 14.9 Å². The van der Waals surface area contributed by atoms with Crippen LogP contribution in [0.5, 0.6) is 11.5 Å². The Hall–Kier alpha value is -2.13. The number of thioether (sulfide) groups is 1. The van der Waals surface area contributed by atoms with Crippen molar-refractivity contribution in [2.24, 2.45) is 0 Å². The molecule has 2 aliphatic rings. The molecule has 2 heterocycles. The van der Waals surface area contributed by atoms with Gasteiger partial charge in [0, 0.05) is 47.1 Å². The number of benzene rings is 2. The molecule has 7 nitrogen and oxygen atoms in total. The van der Waals surface area contributed by atoms with Gasteiger partial charge in [-0.2, -0.15) is 0 Å². The van der Waals surface area contributed by atoms with Crippen molar-refractivity contribution in [3.63, 3.8) is 0 Å². The minimum atomic E-state index is -0.259. The number of nitrogens with zero attached hydrogens (tertiary/aromatic N) is 1. The first-order valence-electron chi connectivity index (χ1n) is 11.5. The number of hydrogen-bond donors (Lipinski definition) is 2. The fourth-order valence-corrected chi connectivity index (χ4v) is 6.35. The quantitative estimate of drug-likeness (QED) is 0.555. The highest BCUT2D eigenvalue weighted by Gasteiger charge is 2.44. The Labute approximate surface area is 219 Å². The number of rotatable bonds is 7. The van der Waals surface area contributed by atoms with Crippen molar-refractivity contribution in [2.75, 3.05) is 39.6 Å². The molecule has 1 atom stereocenters. The maximum Gasteiger partial charge on any atom is 0.254 e. The van der Waals surface area contributed by atoms with Crippen LogP contribution in [0.25, 0.3) is 0 Å². The minimum Gasteiger partial charge on any atom is -0.497 e. The Balaban J connectivity index is 1.27. The molecule has 2 aromatic rings. The Bertz CT molecular complexity index is 1070. The largest absolute Gasteiger partial charge is 0.497 e. The Kier molecular flexibility index (Phi) is 8.37. The predicted octanol–water partition coefficient (Wildman–Crippen LogP) is 4.01. The lowest BCUT2D eigenvalue weighted by atomic mass is 10.0. The smallest absolute Gasteiger partial charge is 0.254 e. The van der Waals surface area contributed by atoms with E-state index in [0.717, 1.165) is 18.4 Å². The van der Waals surface area contributed by atoms with E-state index in [1.165, 1.54) is 0 Å². The van der Waals surface area contributed by atoms with Gasteiger partial charge in [-0.25, -0.2) is 0 Å². The number of nitrogens with one attached hydrogen (secondary N) is 2. The van der Waals surface area contributed by atoms with Gasteiger partial charge in [0.1, 0.15) is 11.5 Å². The fourth-order valence-electron chi connectivity index (χ4n) is 4.43. The van der Waals surface area contributed by atoms with E-state index in [-0.39, 0.29) is 22.7 Å². The second-order valence-corrected chi connectivity index (χ2v) is 10.9.